The predicted octanol–water partition coefficient (Wildman–Crippen LogP) is 4.09. The molecule has 0 saturated heterocycles. The van der Waals surface area contributed by atoms with Crippen molar-refractivity contribution in [3.63, 3.8) is 0 Å². The molecule has 34 heavy (non-hydrogen) atoms. The van der Waals surface area contributed by atoms with Crippen LogP contribution >= 0.6 is 0 Å². The first-order valence-electron chi connectivity index (χ1n) is 10.5. The molecule has 3 rings (SSSR count). The minimum Gasteiger partial charge on any atom is -0.453 e. The second kappa shape index (κ2) is 10.4. The van der Waals surface area contributed by atoms with Crippen LogP contribution in [0, 0.1) is 13.8 Å². The third kappa shape index (κ3) is 6.15. The summed E-state index contributed by atoms with van der Waals surface area (Å²) in [6.07, 6.45) is -5.31. The van der Waals surface area contributed by atoms with Crippen molar-refractivity contribution in [1.82, 2.24) is 20.4 Å². The number of hydrogen-bond donors (Lipinski definition) is 2. The van der Waals surface area contributed by atoms with Crippen molar-refractivity contribution in [3.8, 4) is 5.69 Å². The lowest BCUT2D eigenvalue weighted by atomic mass is 10.0. The number of halogens is 3. The van der Waals surface area contributed by atoms with Crippen LogP contribution in [0.4, 0.5) is 18.0 Å². The fourth-order valence-corrected chi connectivity index (χ4v) is 3.57. The molecule has 0 spiro atoms. The van der Waals surface area contributed by atoms with E-state index >= 15 is 0 Å². The molecule has 3 aromatic rings. The van der Waals surface area contributed by atoms with Crippen molar-refractivity contribution in [2.24, 2.45) is 0 Å². The van der Waals surface area contributed by atoms with Gasteiger partial charge >= 0.3 is 12.3 Å². The molecular weight excluding hydrogens is 449 g/mol. The number of aromatic nitrogens is 2. The van der Waals surface area contributed by atoms with E-state index in [1.807, 2.05) is 0 Å². The van der Waals surface area contributed by atoms with Crippen LogP contribution in [-0.2, 0) is 28.7 Å². The minimum atomic E-state index is -4.64. The predicted molar refractivity (Wildman–Crippen MR) is 119 cm³/mol. The second-order valence-corrected chi connectivity index (χ2v) is 7.77. The van der Waals surface area contributed by atoms with Gasteiger partial charge < -0.3 is 15.4 Å². The third-order valence-electron chi connectivity index (χ3n) is 5.18. The summed E-state index contributed by atoms with van der Waals surface area (Å²) in [7, 11) is 1.16. The van der Waals surface area contributed by atoms with Gasteiger partial charge in [0.15, 0.2) is 0 Å². The fourth-order valence-electron chi connectivity index (χ4n) is 3.57. The molecule has 0 radical (unpaired) electrons. The Morgan fingerprint density at radius 1 is 1.09 bits per heavy atom. The highest BCUT2D eigenvalue weighted by molar-refractivity contribution is 5.85. The Bertz CT molecular complexity index is 1160. The number of alkyl halides is 3. The summed E-state index contributed by atoms with van der Waals surface area (Å²) in [6.45, 7) is 3.13. The van der Waals surface area contributed by atoms with Gasteiger partial charge in [-0.2, -0.15) is 18.3 Å². The monoisotopic (exact) mass is 474 g/mol. The molecule has 0 bridgehead atoms. The second-order valence-electron chi connectivity index (χ2n) is 7.77. The maximum absolute atomic E-state index is 13.8. The van der Waals surface area contributed by atoms with E-state index in [1.165, 1.54) is 16.8 Å². The first-order valence-corrected chi connectivity index (χ1v) is 10.5. The highest BCUT2D eigenvalue weighted by atomic mass is 19.4. The van der Waals surface area contributed by atoms with E-state index in [1.54, 1.807) is 50.2 Å². The molecular formula is C24H25F3N4O3. The van der Waals surface area contributed by atoms with E-state index in [-0.39, 0.29) is 24.2 Å². The zero-order chi connectivity index (χ0) is 24.9. The maximum Gasteiger partial charge on any atom is 0.416 e. The Hall–Kier alpha value is -3.82. The molecule has 1 atom stereocenters. The van der Waals surface area contributed by atoms with Crippen molar-refractivity contribution < 1.29 is 27.5 Å². The summed E-state index contributed by atoms with van der Waals surface area (Å²) in [4.78, 5) is 24.5. The Morgan fingerprint density at radius 2 is 1.79 bits per heavy atom. The topological polar surface area (TPSA) is 85.2 Å². The summed E-state index contributed by atoms with van der Waals surface area (Å²) in [6, 6.07) is 13.5. The molecule has 0 saturated carbocycles. The highest BCUT2D eigenvalue weighted by Crippen LogP contribution is 2.33. The molecule has 2 amide bonds. The average molecular weight is 474 g/mol. The van der Waals surface area contributed by atoms with Crippen molar-refractivity contribution in [3.05, 3.63) is 82.7 Å². The van der Waals surface area contributed by atoms with Gasteiger partial charge in [0.1, 0.15) is 6.04 Å². The van der Waals surface area contributed by atoms with E-state index in [0.717, 1.165) is 18.7 Å². The summed E-state index contributed by atoms with van der Waals surface area (Å²) >= 11 is 0. The van der Waals surface area contributed by atoms with Gasteiger partial charge in [-0.1, -0.05) is 36.4 Å². The van der Waals surface area contributed by atoms with Gasteiger partial charge in [-0.3, -0.25) is 4.79 Å². The summed E-state index contributed by atoms with van der Waals surface area (Å²) in [5.41, 5.74) is 1.43. The van der Waals surface area contributed by atoms with Crippen LogP contribution in [0.5, 0.6) is 0 Å². The average Bonchev–Trinajstić information content (AvgIpc) is 3.14. The summed E-state index contributed by atoms with van der Waals surface area (Å²) in [5, 5.41) is 9.17. The number of benzene rings is 2. The highest BCUT2D eigenvalue weighted by Gasteiger charge is 2.34. The number of hydrogen-bond acceptors (Lipinski definition) is 4. The van der Waals surface area contributed by atoms with Crippen molar-refractivity contribution in [2.45, 2.75) is 39.0 Å². The summed E-state index contributed by atoms with van der Waals surface area (Å²) < 4.78 is 47.5. The summed E-state index contributed by atoms with van der Waals surface area (Å²) in [5.74, 6) is -0.634. The van der Waals surface area contributed by atoms with Gasteiger partial charge in [-0.05, 0) is 43.2 Å². The number of alkyl carbamates (subject to hydrolysis) is 1. The molecule has 0 aliphatic rings. The van der Waals surface area contributed by atoms with E-state index in [2.05, 4.69) is 20.5 Å². The number of ether oxygens (including phenoxy) is 1. The van der Waals surface area contributed by atoms with E-state index in [0.29, 0.717) is 11.4 Å². The van der Waals surface area contributed by atoms with Gasteiger partial charge in [-0.15, -0.1) is 0 Å². The first-order chi connectivity index (χ1) is 16.1. The molecule has 0 aliphatic heterocycles. The molecule has 7 nitrogen and oxygen atoms in total. The third-order valence-corrected chi connectivity index (χ3v) is 5.18. The van der Waals surface area contributed by atoms with Crippen LogP contribution in [0.15, 0.2) is 54.6 Å². The van der Waals surface area contributed by atoms with Crippen LogP contribution in [0.3, 0.4) is 0 Å². The Balaban J connectivity index is 1.82. The number of carbonyl (C=O) groups excluding carboxylic acids is 2. The maximum atomic E-state index is 13.8. The van der Waals surface area contributed by atoms with Crippen LogP contribution in [0.25, 0.3) is 5.69 Å². The van der Waals surface area contributed by atoms with E-state index < -0.39 is 29.8 Å². The van der Waals surface area contributed by atoms with Crippen LogP contribution in [0.1, 0.15) is 28.1 Å². The molecule has 1 unspecified atom stereocenters. The minimum absolute atomic E-state index is 0.109. The number of rotatable bonds is 7. The van der Waals surface area contributed by atoms with Crippen LogP contribution < -0.4 is 10.6 Å². The molecule has 1 heterocycles. The molecule has 10 heteroatoms. The number of aryl methyl sites for hydroxylation is 2. The zero-order valence-corrected chi connectivity index (χ0v) is 18.9. The van der Waals surface area contributed by atoms with Gasteiger partial charge in [-0.25, -0.2) is 9.48 Å². The lowest BCUT2D eigenvalue weighted by Gasteiger charge is -2.19. The number of amides is 2. The molecule has 180 valence electrons. The molecule has 0 aliphatic carbocycles. The van der Waals surface area contributed by atoms with E-state index in [4.69, 9.17) is 0 Å². The van der Waals surface area contributed by atoms with Crippen molar-refractivity contribution in [1.29, 1.82) is 0 Å². The van der Waals surface area contributed by atoms with Gasteiger partial charge in [0, 0.05) is 18.7 Å². The van der Waals surface area contributed by atoms with Crippen LogP contribution in [0.2, 0.25) is 0 Å². The smallest absolute Gasteiger partial charge is 0.416 e. The Morgan fingerprint density at radius 3 is 2.38 bits per heavy atom. The number of nitrogens with zero attached hydrogens (tertiary/aromatic N) is 2. The van der Waals surface area contributed by atoms with Crippen molar-refractivity contribution in [2.75, 3.05) is 7.11 Å². The number of nitrogens with one attached hydrogen (secondary N) is 2. The van der Waals surface area contributed by atoms with Gasteiger partial charge in [0.2, 0.25) is 5.91 Å². The number of carbonyl (C=O) groups is 2. The van der Waals surface area contributed by atoms with Gasteiger partial charge in [0.25, 0.3) is 0 Å². The standard InChI is InChI=1S/C24H25F3N4O3/c1-15-11-16(2)31(30-15)19-10-9-18(20(13-19)24(25,26)27)14-28-22(32)21(29-23(33)34-3)12-17-7-5-4-6-8-17/h4-11,13,21H,12,14H2,1-3H3,(H,28,32)(H,29,33). The molecule has 2 N–H and O–H groups in total. The fraction of sp³-hybridized carbons (Fsp3) is 0.292. The number of methoxy groups -OCH3 is 1. The molecule has 1 aromatic heterocycles. The van der Waals surface area contributed by atoms with Gasteiger partial charge in [0.05, 0.1) is 24.1 Å². The Labute approximate surface area is 194 Å². The van der Waals surface area contributed by atoms with Crippen molar-refractivity contribution >= 4 is 12.0 Å². The molecule has 0 fully saturated rings. The lowest BCUT2D eigenvalue weighted by molar-refractivity contribution is -0.138. The Kier molecular flexibility index (Phi) is 7.60. The largest absolute Gasteiger partial charge is 0.453 e. The van der Waals surface area contributed by atoms with E-state index in [9.17, 15) is 22.8 Å². The zero-order valence-electron chi connectivity index (χ0n) is 18.9. The normalized spacial score (nSPS) is 12.2. The quantitative estimate of drug-likeness (QED) is 0.540. The SMILES string of the molecule is COC(=O)NC(Cc1ccccc1)C(=O)NCc1ccc(-n2nc(C)cc2C)cc1C(F)(F)F. The first kappa shape index (κ1) is 24.8. The molecule has 2 aromatic carbocycles. The van der Waals surface area contributed by atoms with Crippen LogP contribution in [-0.4, -0.2) is 34.9 Å². The lowest BCUT2D eigenvalue weighted by Crippen LogP contribution is -2.47.